The van der Waals surface area contributed by atoms with Gasteiger partial charge in [-0.15, -0.1) is 0 Å². The quantitative estimate of drug-likeness (QED) is 0.112. The number of nitrogens with zero attached hydrogens (tertiary/aromatic N) is 2. The highest BCUT2D eigenvalue weighted by atomic mass is 16.7. The van der Waals surface area contributed by atoms with Crippen LogP contribution >= 0.6 is 0 Å². The largest absolute Gasteiger partial charge is 0.392 e. The molecule has 10 heteroatoms. The van der Waals surface area contributed by atoms with E-state index in [0.29, 0.717) is 24.9 Å². The zero-order chi connectivity index (χ0) is 32.1. The topological polar surface area (TPSA) is 124 Å². The second kappa shape index (κ2) is 17.3. The lowest BCUT2D eigenvalue weighted by molar-refractivity contribution is -0.253. The molecule has 3 atom stereocenters. The van der Waals surface area contributed by atoms with Gasteiger partial charge in [-0.2, -0.15) is 0 Å². The molecule has 0 aromatic heterocycles. The van der Waals surface area contributed by atoms with E-state index in [9.17, 15) is 14.7 Å². The maximum absolute atomic E-state index is 12.6. The molecule has 2 heterocycles. The number of ether oxygens (including phenoxy) is 2. The minimum Gasteiger partial charge on any atom is -0.392 e. The Bertz CT molecular complexity index is 1380. The minimum absolute atomic E-state index is 0.00417. The molecule has 0 radical (unpaired) electrons. The third-order valence-electron chi connectivity index (χ3n) is 8.67. The predicted octanol–water partition coefficient (Wildman–Crippen LogP) is 4.94. The molecular weight excluding hydrogens is 584 g/mol. The second-order valence-corrected chi connectivity index (χ2v) is 12.2. The standard InChI is InChI=1S/C36H46N4O6/c41-26-28-14-16-29(17-15-28)33-23-32(25-40-20-18-39(19-21-40)24-27-8-3-1-4-9-27)45-36(46-33)30-10-7-11-31(22-30)37-34(42)12-5-2-6-13-35(43)38-44/h1,3-4,7-11,14-17,22,32-33,36,41,44H,2,5-6,12-13,18-21,23-26H2,(H,37,42)(H,38,43)/t32-,33+,36+/m0/s1. The van der Waals surface area contributed by atoms with Crippen LogP contribution in [0.5, 0.6) is 0 Å². The Balaban J connectivity index is 1.20. The number of benzene rings is 3. The molecule has 2 saturated heterocycles. The third kappa shape index (κ3) is 10.2. The number of carbonyl (C=O) groups is 2. The number of carbonyl (C=O) groups excluding carboxylic acids is 2. The van der Waals surface area contributed by atoms with E-state index in [1.807, 2.05) is 48.5 Å². The Labute approximate surface area is 271 Å². The Kier molecular flexibility index (Phi) is 12.7. The SMILES string of the molecule is O=C(CCCCCC(=O)Nc1cccc([C@@H]2O[C@H](CN3CCN(Cc4ccccc4)CC3)C[C@H](c3ccc(CO)cc3)O2)c1)NO. The van der Waals surface area contributed by atoms with Gasteiger partial charge in [0, 0.05) is 69.8 Å². The number of unbranched alkanes of at least 4 members (excludes halogenated alkanes) is 2. The highest BCUT2D eigenvalue weighted by Crippen LogP contribution is 2.38. The molecule has 0 saturated carbocycles. The van der Waals surface area contributed by atoms with Gasteiger partial charge >= 0.3 is 0 Å². The van der Waals surface area contributed by atoms with E-state index in [4.69, 9.17) is 14.7 Å². The van der Waals surface area contributed by atoms with E-state index >= 15 is 0 Å². The Morgan fingerprint density at radius 3 is 2.20 bits per heavy atom. The first-order chi connectivity index (χ1) is 22.5. The molecule has 2 amide bonds. The van der Waals surface area contributed by atoms with Crippen LogP contribution in [0.2, 0.25) is 0 Å². The molecule has 46 heavy (non-hydrogen) atoms. The molecule has 0 spiro atoms. The van der Waals surface area contributed by atoms with Crippen molar-refractivity contribution in [2.45, 2.75) is 70.2 Å². The average molecular weight is 631 g/mol. The summed E-state index contributed by atoms with van der Waals surface area (Å²) in [6.45, 7) is 5.73. The van der Waals surface area contributed by atoms with E-state index < -0.39 is 12.2 Å². The number of nitrogens with one attached hydrogen (secondary N) is 2. The van der Waals surface area contributed by atoms with Crippen LogP contribution in [0.4, 0.5) is 5.69 Å². The molecule has 4 N–H and O–H groups in total. The number of aliphatic hydroxyl groups excluding tert-OH is 1. The lowest BCUT2D eigenvalue weighted by Crippen LogP contribution is -2.49. The zero-order valence-electron chi connectivity index (χ0n) is 26.4. The van der Waals surface area contributed by atoms with Gasteiger partial charge in [0.05, 0.1) is 18.8 Å². The Morgan fingerprint density at radius 1 is 0.761 bits per heavy atom. The fourth-order valence-electron chi connectivity index (χ4n) is 6.08. The molecule has 10 nitrogen and oxygen atoms in total. The molecule has 0 bridgehead atoms. The van der Waals surface area contributed by atoms with Gasteiger partial charge in [-0.05, 0) is 41.7 Å². The van der Waals surface area contributed by atoms with Crippen LogP contribution in [0, 0.1) is 0 Å². The summed E-state index contributed by atoms with van der Waals surface area (Å²) >= 11 is 0. The van der Waals surface area contributed by atoms with Gasteiger partial charge in [-0.25, -0.2) is 5.48 Å². The number of anilines is 1. The van der Waals surface area contributed by atoms with Crippen LogP contribution in [0.25, 0.3) is 0 Å². The number of aliphatic hydroxyl groups is 1. The van der Waals surface area contributed by atoms with E-state index in [1.54, 1.807) is 5.48 Å². The minimum atomic E-state index is -0.602. The molecule has 2 aliphatic heterocycles. The number of piperazine rings is 1. The van der Waals surface area contributed by atoms with Crippen molar-refractivity contribution in [3.63, 3.8) is 0 Å². The molecule has 2 aliphatic rings. The van der Waals surface area contributed by atoms with E-state index in [2.05, 4.69) is 45.4 Å². The highest BCUT2D eigenvalue weighted by molar-refractivity contribution is 5.90. The first kappa shape index (κ1) is 33.7. The van der Waals surface area contributed by atoms with Gasteiger partial charge in [-0.3, -0.25) is 24.6 Å². The fourth-order valence-corrected chi connectivity index (χ4v) is 6.08. The molecule has 0 unspecified atom stereocenters. The first-order valence-electron chi connectivity index (χ1n) is 16.3. The van der Waals surface area contributed by atoms with Gasteiger partial charge in [0.1, 0.15) is 0 Å². The lowest BCUT2D eigenvalue weighted by Gasteiger charge is -2.41. The molecule has 5 rings (SSSR count). The number of hydroxylamine groups is 1. The summed E-state index contributed by atoms with van der Waals surface area (Å²) in [5, 5.41) is 21.1. The highest BCUT2D eigenvalue weighted by Gasteiger charge is 2.34. The normalized spacial score (nSPS) is 20.7. The number of hydrogen-bond donors (Lipinski definition) is 4. The molecular formula is C36H46N4O6. The monoisotopic (exact) mass is 630 g/mol. The summed E-state index contributed by atoms with van der Waals surface area (Å²) in [6.07, 6.45) is 2.45. The first-order valence-corrected chi connectivity index (χ1v) is 16.3. The summed E-state index contributed by atoms with van der Waals surface area (Å²) in [4.78, 5) is 28.8. The third-order valence-corrected chi connectivity index (χ3v) is 8.67. The summed E-state index contributed by atoms with van der Waals surface area (Å²) in [6, 6.07) is 26.1. The maximum Gasteiger partial charge on any atom is 0.243 e. The van der Waals surface area contributed by atoms with Crippen molar-refractivity contribution in [2.24, 2.45) is 0 Å². The van der Waals surface area contributed by atoms with Crippen molar-refractivity contribution in [1.82, 2.24) is 15.3 Å². The van der Waals surface area contributed by atoms with Crippen LogP contribution in [-0.4, -0.2) is 70.8 Å². The summed E-state index contributed by atoms with van der Waals surface area (Å²) in [5.41, 5.74) is 6.38. The van der Waals surface area contributed by atoms with Crippen LogP contribution in [0.15, 0.2) is 78.9 Å². The van der Waals surface area contributed by atoms with Crippen molar-refractivity contribution < 1.29 is 29.4 Å². The number of amides is 2. The van der Waals surface area contributed by atoms with Crippen molar-refractivity contribution >= 4 is 17.5 Å². The van der Waals surface area contributed by atoms with Crippen molar-refractivity contribution in [3.05, 3.63) is 101 Å². The fraction of sp³-hybridized carbons (Fsp3) is 0.444. The van der Waals surface area contributed by atoms with E-state index in [0.717, 1.165) is 68.8 Å². The van der Waals surface area contributed by atoms with Gasteiger partial charge in [0.2, 0.25) is 11.8 Å². The molecule has 3 aromatic carbocycles. The molecule has 246 valence electrons. The van der Waals surface area contributed by atoms with Crippen molar-refractivity contribution in [3.8, 4) is 0 Å². The lowest BCUT2D eigenvalue weighted by atomic mass is 9.99. The summed E-state index contributed by atoms with van der Waals surface area (Å²) < 4.78 is 13.1. The van der Waals surface area contributed by atoms with Gasteiger partial charge in [0.25, 0.3) is 0 Å². The van der Waals surface area contributed by atoms with Gasteiger partial charge in [-0.1, -0.05) is 73.2 Å². The summed E-state index contributed by atoms with van der Waals surface area (Å²) in [5.74, 6) is -0.512. The average Bonchev–Trinajstić information content (AvgIpc) is 3.09. The molecule has 3 aromatic rings. The smallest absolute Gasteiger partial charge is 0.243 e. The summed E-state index contributed by atoms with van der Waals surface area (Å²) in [7, 11) is 0. The van der Waals surface area contributed by atoms with Crippen LogP contribution < -0.4 is 10.8 Å². The van der Waals surface area contributed by atoms with Crippen molar-refractivity contribution in [2.75, 3.05) is 38.0 Å². The number of hydrogen-bond acceptors (Lipinski definition) is 8. The maximum atomic E-state index is 12.6. The zero-order valence-corrected chi connectivity index (χ0v) is 26.4. The van der Waals surface area contributed by atoms with Crippen LogP contribution in [0.1, 0.15) is 73.2 Å². The Morgan fingerprint density at radius 2 is 1.48 bits per heavy atom. The second-order valence-electron chi connectivity index (χ2n) is 12.2. The van der Waals surface area contributed by atoms with Crippen LogP contribution in [-0.2, 0) is 32.2 Å². The molecule has 0 aliphatic carbocycles. The Hall–Kier alpha value is -3.64. The van der Waals surface area contributed by atoms with E-state index in [-0.39, 0.29) is 31.1 Å². The van der Waals surface area contributed by atoms with Gasteiger partial charge < -0.3 is 19.9 Å². The van der Waals surface area contributed by atoms with Crippen LogP contribution in [0.3, 0.4) is 0 Å². The van der Waals surface area contributed by atoms with Crippen molar-refractivity contribution in [1.29, 1.82) is 0 Å². The number of rotatable bonds is 14. The van der Waals surface area contributed by atoms with E-state index in [1.165, 1.54) is 5.56 Å². The predicted molar refractivity (Wildman–Crippen MR) is 175 cm³/mol. The van der Waals surface area contributed by atoms with Gasteiger partial charge in [0.15, 0.2) is 6.29 Å². The molecule has 2 fully saturated rings.